The first-order valence-electron chi connectivity index (χ1n) is 6.77. The molecule has 1 aromatic rings. The molecule has 1 unspecified atom stereocenters. The van der Waals surface area contributed by atoms with E-state index in [0.717, 1.165) is 13.1 Å². The molecule has 0 saturated carbocycles. The molecule has 1 N–H and O–H groups in total. The van der Waals surface area contributed by atoms with Crippen LogP contribution in [0.4, 0.5) is 0 Å². The van der Waals surface area contributed by atoms with E-state index in [4.69, 9.17) is 5.26 Å². The van der Waals surface area contributed by atoms with Gasteiger partial charge in [0.1, 0.15) is 6.07 Å². The number of rotatable bonds is 5. The largest absolute Gasteiger partial charge is 0.299 e. The molecule has 0 radical (unpaired) electrons. The Morgan fingerprint density at radius 1 is 1.35 bits per heavy atom. The van der Waals surface area contributed by atoms with Gasteiger partial charge in [0.2, 0.25) is 10.0 Å². The van der Waals surface area contributed by atoms with E-state index in [2.05, 4.69) is 9.62 Å². The molecule has 0 spiro atoms. The molecular formula is C14H19N3O2S. The molecule has 0 aromatic heterocycles. The summed E-state index contributed by atoms with van der Waals surface area (Å²) in [4.78, 5) is 2.33. The lowest BCUT2D eigenvalue weighted by Gasteiger charge is -2.23. The van der Waals surface area contributed by atoms with Crippen LogP contribution in [-0.2, 0) is 10.0 Å². The molecule has 0 aliphatic carbocycles. The Bertz CT molecular complexity index is 601. The number of likely N-dealkylation sites (tertiary alicyclic amines) is 1. The van der Waals surface area contributed by atoms with Crippen molar-refractivity contribution in [3.8, 4) is 6.07 Å². The molecule has 0 bridgehead atoms. The number of nitrogens with one attached hydrogen (secondary N) is 1. The zero-order valence-corrected chi connectivity index (χ0v) is 12.4. The minimum Gasteiger partial charge on any atom is -0.299 e. The molecule has 1 aliphatic rings. The van der Waals surface area contributed by atoms with Crippen molar-refractivity contribution in [2.75, 3.05) is 19.6 Å². The highest BCUT2D eigenvalue weighted by atomic mass is 32.2. The number of benzene rings is 1. The van der Waals surface area contributed by atoms with Gasteiger partial charge in [0.25, 0.3) is 0 Å². The number of hydrogen-bond donors (Lipinski definition) is 1. The molecule has 1 atom stereocenters. The molecule has 0 amide bonds. The SMILES string of the molecule is CC(CNS(=O)(=O)c1ccccc1C#N)N1CCCC1. The molecule has 1 saturated heterocycles. The normalized spacial score (nSPS) is 17.8. The monoisotopic (exact) mass is 293 g/mol. The highest BCUT2D eigenvalue weighted by Gasteiger charge is 2.22. The van der Waals surface area contributed by atoms with Crippen LogP contribution in [0.3, 0.4) is 0 Å². The van der Waals surface area contributed by atoms with E-state index >= 15 is 0 Å². The summed E-state index contributed by atoms with van der Waals surface area (Å²) in [6, 6.07) is 8.34. The number of nitrogens with zero attached hydrogens (tertiary/aromatic N) is 2. The second kappa shape index (κ2) is 6.35. The molecule has 5 nitrogen and oxygen atoms in total. The van der Waals surface area contributed by atoms with E-state index < -0.39 is 10.0 Å². The minimum absolute atomic E-state index is 0.0520. The van der Waals surface area contributed by atoms with Gasteiger partial charge in [-0.2, -0.15) is 5.26 Å². The average Bonchev–Trinajstić information content (AvgIpc) is 2.99. The van der Waals surface area contributed by atoms with Crippen LogP contribution in [0.1, 0.15) is 25.3 Å². The molecule has 1 aliphatic heterocycles. The van der Waals surface area contributed by atoms with E-state index in [0.29, 0.717) is 6.54 Å². The molecule has 1 fully saturated rings. The summed E-state index contributed by atoms with van der Waals surface area (Å²) in [5.41, 5.74) is 0.175. The Kier molecular flexibility index (Phi) is 4.76. The molecule has 1 heterocycles. The van der Waals surface area contributed by atoms with E-state index in [1.807, 2.05) is 13.0 Å². The lowest BCUT2D eigenvalue weighted by molar-refractivity contribution is 0.260. The molecule has 6 heteroatoms. The van der Waals surface area contributed by atoms with Crippen molar-refractivity contribution in [2.24, 2.45) is 0 Å². The zero-order chi connectivity index (χ0) is 14.6. The maximum atomic E-state index is 12.3. The first-order valence-corrected chi connectivity index (χ1v) is 8.26. The quantitative estimate of drug-likeness (QED) is 0.888. The van der Waals surface area contributed by atoms with Crippen molar-refractivity contribution in [1.82, 2.24) is 9.62 Å². The van der Waals surface area contributed by atoms with Gasteiger partial charge in [0, 0.05) is 12.6 Å². The Morgan fingerprint density at radius 2 is 2.00 bits per heavy atom. The molecule has 1 aromatic carbocycles. The molecule has 108 valence electrons. The first-order chi connectivity index (χ1) is 9.54. The summed E-state index contributed by atoms with van der Waals surface area (Å²) in [7, 11) is -3.63. The predicted octanol–water partition coefficient (Wildman–Crippen LogP) is 1.32. The van der Waals surface area contributed by atoms with Crippen molar-refractivity contribution in [2.45, 2.75) is 30.7 Å². The van der Waals surface area contributed by atoms with Gasteiger partial charge < -0.3 is 0 Å². The van der Waals surface area contributed by atoms with Crippen LogP contribution < -0.4 is 4.72 Å². The van der Waals surface area contributed by atoms with Gasteiger partial charge in [0.05, 0.1) is 10.5 Å². The van der Waals surface area contributed by atoms with Gasteiger partial charge in [-0.15, -0.1) is 0 Å². The van der Waals surface area contributed by atoms with Crippen LogP contribution in [0.25, 0.3) is 0 Å². The van der Waals surface area contributed by atoms with E-state index in [9.17, 15) is 8.42 Å². The van der Waals surface area contributed by atoms with Gasteiger partial charge in [-0.1, -0.05) is 12.1 Å². The minimum atomic E-state index is -3.63. The Balaban J connectivity index is 2.06. The van der Waals surface area contributed by atoms with Crippen LogP contribution in [0.15, 0.2) is 29.2 Å². The molecule has 20 heavy (non-hydrogen) atoms. The van der Waals surface area contributed by atoms with Gasteiger partial charge in [-0.05, 0) is 45.0 Å². The topological polar surface area (TPSA) is 73.2 Å². The number of hydrogen-bond acceptors (Lipinski definition) is 4. The third kappa shape index (κ3) is 3.37. The van der Waals surface area contributed by atoms with E-state index in [1.54, 1.807) is 12.1 Å². The predicted molar refractivity (Wildman–Crippen MR) is 76.6 cm³/mol. The van der Waals surface area contributed by atoms with Crippen LogP contribution in [0, 0.1) is 11.3 Å². The van der Waals surface area contributed by atoms with E-state index in [1.165, 1.54) is 25.0 Å². The van der Waals surface area contributed by atoms with Gasteiger partial charge in [-0.3, -0.25) is 4.90 Å². The van der Waals surface area contributed by atoms with Crippen LogP contribution in [0.5, 0.6) is 0 Å². The van der Waals surface area contributed by atoms with Gasteiger partial charge in [-0.25, -0.2) is 13.1 Å². The zero-order valence-electron chi connectivity index (χ0n) is 11.5. The Morgan fingerprint density at radius 3 is 2.65 bits per heavy atom. The third-order valence-corrected chi connectivity index (χ3v) is 5.11. The summed E-state index contributed by atoms with van der Waals surface area (Å²) in [6.45, 7) is 4.43. The summed E-state index contributed by atoms with van der Waals surface area (Å²) in [6.07, 6.45) is 2.35. The molecular weight excluding hydrogens is 274 g/mol. The Labute approximate surface area is 120 Å². The summed E-state index contributed by atoms with van der Waals surface area (Å²) in [5.74, 6) is 0. The smallest absolute Gasteiger partial charge is 0.241 e. The summed E-state index contributed by atoms with van der Waals surface area (Å²) >= 11 is 0. The molecule has 2 rings (SSSR count). The fourth-order valence-corrected chi connectivity index (χ4v) is 3.69. The van der Waals surface area contributed by atoms with E-state index in [-0.39, 0.29) is 16.5 Å². The van der Waals surface area contributed by atoms with Crippen molar-refractivity contribution < 1.29 is 8.42 Å². The number of sulfonamides is 1. The lowest BCUT2D eigenvalue weighted by Crippen LogP contribution is -2.40. The summed E-state index contributed by atoms with van der Waals surface area (Å²) < 4.78 is 27.1. The van der Waals surface area contributed by atoms with Crippen molar-refractivity contribution in [3.05, 3.63) is 29.8 Å². The highest BCUT2D eigenvalue weighted by molar-refractivity contribution is 7.89. The maximum Gasteiger partial charge on any atom is 0.241 e. The number of nitriles is 1. The van der Waals surface area contributed by atoms with Crippen LogP contribution in [-0.4, -0.2) is 39.0 Å². The van der Waals surface area contributed by atoms with Gasteiger partial charge >= 0.3 is 0 Å². The van der Waals surface area contributed by atoms with Gasteiger partial charge in [0.15, 0.2) is 0 Å². The van der Waals surface area contributed by atoms with Crippen molar-refractivity contribution in [1.29, 1.82) is 5.26 Å². The lowest BCUT2D eigenvalue weighted by atomic mass is 10.2. The fourth-order valence-electron chi connectivity index (χ4n) is 2.41. The van der Waals surface area contributed by atoms with Crippen LogP contribution >= 0.6 is 0 Å². The average molecular weight is 293 g/mol. The third-order valence-electron chi connectivity index (χ3n) is 3.63. The Hall–Kier alpha value is -1.42. The van der Waals surface area contributed by atoms with Crippen molar-refractivity contribution in [3.63, 3.8) is 0 Å². The van der Waals surface area contributed by atoms with Crippen LogP contribution in [0.2, 0.25) is 0 Å². The second-order valence-electron chi connectivity index (χ2n) is 5.05. The first kappa shape index (κ1) is 15.0. The highest BCUT2D eigenvalue weighted by Crippen LogP contribution is 2.15. The van der Waals surface area contributed by atoms with Crippen molar-refractivity contribution >= 4 is 10.0 Å². The standard InChI is InChI=1S/C14H19N3O2S/c1-12(17-8-4-5-9-17)11-16-20(18,19)14-7-3-2-6-13(14)10-15/h2-3,6-7,12,16H,4-5,8-9,11H2,1H3. The second-order valence-corrected chi connectivity index (χ2v) is 6.79. The summed E-state index contributed by atoms with van der Waals surface area (Å²) in [5, 5.41) is 8.98. The fraction of sp³-hybridized carbons (Fsp3) is 0.500. The maximum absolute atomic E-state index is 12.3.